The van der Waals surface area contributed by atoms with Crippen molar-refractivity contribution in [3.8, 4) is 11.5 Å². The second-order valence-electron chi connectivity index (χ2n) is 6.72. The third-order valence-corrected chi connectivity index (χ3v) is 5.27. The summed E-state index contributed by atoms with van der Waals surface area (Å²) in [5.41, 5.74) is -0.0893. The Morgan fingerprint density at radius 1 is 1.24 bits per heavy atom. The molecular weight excluding hydrogens is 324 g/mol. The highest BCUT2D eigenvalue weighted by Crippen LogP contribution is 2.36. The van der Waals surface area contributed by atoms with Gasteiger partial charge in [0.15, 0.2) is 18.1 Å². The van der Waals surface area contributed by atoms with Crippen molar-refractivity contribution in [2.24, 2.45) is 5.92 Å². The number of nitro benzene ring substituents is 1. The molecule has 0 bridgehead atoms. The first kappa shape index (κ1) is 17.5. The number of hydrogen-bond acceptors (Lipinski definition) is 5. The SMILES string of the molecule is COc1ccc([N+](=O)[O-])cc1OCC(=O)N1CCC[C@H]2CCCC[C@H]21. The van der Waals surface area contributed by atoms with E-state index >= 15 is 0 Å². The van der Waals surface area contributed by atoms with Crippen molar-refractivity contribution >= 4 is 11.6 Å². The molecule has 1 saturated carbocycles. The molecule has 2 atom stereocenters. The zero-order chi connectivity index (χ0) is 17.8. The predicted molar refractivity (Wildman–Crippen MR) is 91.8 cm³/mol. The number of ether oxygens (including phenoxy) is 2. The van der Waals surface area contributed by atoms with Crippen molar-refractivity contribution in [2.75, 3.05) is 20.3 Å². The Labute approximate surface area is 147 Å². The standard InChI is InChI=1S/C18H24N2O5/c1-24-16-9-8-14(20(22)23)11-17(16)25-12-18(21)19-10-4-6-13-5-2-3-7-15(13)19/h8-9,11,13,15H,2-7,10,12H2,1H3/t13-,15-/m1/s1. The second-order valence-corrected chi connectivity index (χ2v) is 6.72. The second kappa shape index (κ2) is 7.72. The number of benzene rings is 1. The molecule has 2 aliphatic rings. The Balaban J connectivity index is 1.67. The summed E-state index contributed by atoms with van der Waals surface area (Å²) in [7, 11) is 1.47. The van der Waals surface area contributed by atoms with Crippen LogP contribution in [0.1, 0.15) is 38.5 Å². The van der Waals surface area contributed by atoms with Crippen molar-refractivity contribution in [3.05, 3.63) is 28.3 Å². The van der Waals surface area contributed by atoms with Crippen LogP contribution in [0.3, 0.4) is 0 Å². The summed E-state index contributed by atoms with van der Waals surface area (Å²) < 4.78 is 10.8. The lowest BCUT2D eigenvalue weighted by Gasteiger charge is -2.44. The summed E-state index contributed by atoms with van der Waals surface area (Å²) in [4.78, 5) is 25.1. The third kappa shape index (κ3) is 3.86. The Hall–Kier alpha value is -2.31. The van der Waals surface area contributed by atoms with Crippen LogP contribution in [-0.4, -0.2) is 42.0 Å². The first-order chi connectivity index (χ1) is 12.1. The monoisotopic (exact) mass is 348 g/mol. The number of non-ortho nitro benzene ring substituents is 1. The van der Waals surface area contributed by atoms with E-state index in [4.69, 9.17) is 9.47 Å². The van der Waals surface area contributed by atoms with Crippen molar-refractivity contribution in [2.45, 2.75) is 44.6 Å². The smallest absolute Gasteiger partial charge is 0.273 e. The van der Waals surface area contributed by atoms with Crippen LogP contribution in [0.5, 0.6) is 11.5 Å². The van der Waals surface area contributed by atoms with Gasteiger partial charge in [-0.25, -0.2) is 0 Å². The molecule has 1 aromatic carbocycles. The number of hydrogen-bond donors (Lipinski definition) is 0. The van der Waals surface area contributed by atoms with Crippen molar-refractivity contribution in [1.29, 1.82) is 0 Å². The normalized spacial score (nSPS) is 22.8. The van der Waals surface area contributed by atoms with Crippen molar-refractivity contribution in [1.82, 2.24) is 4.90 Å². The highest BCUT2D eigenvalue weighted by atomic mass is 16.6. The van der Waals surface area contributed by atoms with Gasteiger partial charge in [0.1, 0.15) is 0 Å². The number of carbonyl (C=O) groups excluding carboxylic acids is 1. The Morgan fingerprint density at radius 2 is 2.00 bits per heavy atom. The molecule has 7 nitrogen and oxygen atoms in total. The van der Waals surface area contributed by atoms with E-state index in [0.29, 0.717) is 17.7 Å². The number of nitrogens with zero attached hydrogens (tertiary/aromatic N) is 2. The van der Waals surface area contributed by atoms with Crippen molar-refractivity contribution < 1.29 is 19.2 Å². The van der Waals surface area contributed by atoms with Gasteiger partial charge in [-0.3, -0.25) is 14.9 Å². The molecule has 1 aliphatic carbocycles. The molecule has 2 fully saturated rings. The molecule has 0 N–H and O–H groups in total. The van der Waals surface area contributed by atoms with E-state index in [-0.39, 0.29) is 24.0 Å². The lowest BCUT2D eigenvalue weighted by molar-refractivity contribution is -0.385. The molecule has 0 aromatic heterocycles. The van der Waals surface area contributed by atoms with E-state index in [9.17, 15) is 14.9 Å². The van der Waals surface area contributed by atoms with Gasteiger partial charge in [0.05, 0.1) is 18.1 Å². The number of likely N-dealkylation sites (tertiary alicyclic amines) is 1. The number of fused-ring (bicyclic) bond motifs is 1. The molecule has 1 aromatic rings. The van der Waals surface area contributed by atoms with Crippen LogP contribution >= 0.6 is 0 Å². The topological polar surface area (TPSA) is 81.9 Å². The lowest BCUT2D eigenvalue weighted by Crippen LogP contribution is -2.51. The molecule has 0 unspecified atom stereocenters. The fraction of sp³-hybridized carbons (Fsp3) is 0.611. The van der Waals surface area contributed by atoms with Gasteiger partial charge in [-0.05, 0) is 37.7 Å². The molecule has 1 saturated heterocycles. The summed E-state index contributed by atoms with van der Waals surface area (Å²) in [5, 5.41) is 10.9. The molecule has 25 heavy (non-hydrogen) atoms. The van der Waals surface area contributed by atoms with E-state index in [2.05, 4.69) is 0 Å². The zero-order valence-corrected chi connectivity index (χ0v) is 14.5. The number of methoxy groups -OCH3 is 1. The number of rotatable bonds is 5. The molecular formula is C18H24N2O5. The van der Waals surface area contributed by atoms with Gasteiger partial charge in [0, 0.05) is 18.7 Å². The molecule has 3 rings (SSSR count). The maximum atomic E-state index is 12.7. The minimum absolute atomic E-state index is 0.0508. The average Bonchev–Trinajstić information content (AvgIpc) is 2.65. The van der Waals surface area contributed by atoms with Crippen LogP contribution in [0, 0.1) is 16.0 Å². The molecule has 7 heteroatoms. The molecule has 1 heterocycles. The quantitative estimate of drug-likeness (QED) is 0.603. The summed E-state index contributed by atoms with van der Waals surface area (Å²) in [6, 6.07) is 4.46. The number of carbonyl (C=O) groups is 1. The molecule has 136 valence electrons. The van der Waals surface area contributed by atoms with E-state index in [1.54, 1.807) is 0 Å². The van der Waals surface area contributed by atoms with Gasteiger partial charge >= 0.3 is 0 Å². The van der Waals surface area contributed by atoms with Gasteiger partial charge < -0.3 is 14.4 Å². The van der Waals surface area contributed by atoms with E-state index in [0.717, 1.165) is 19.4 Å². The van der Waals surface area contributed by atoms with Crippen LogP contribution in [0.25, 0.3) is 0 Å². The fourth-order valence-corrected chi connectivity index (χ4v) is 4.05. The number of piperidine rings is 1. The average molecular weight is 348 g/mol. The van der Waals surface area contributed by atoms with Crippen molar-refractivity contribution in [3.63, 3.8) is 0 Å². The van der Waals surface area contributed by atoms with Crippen LogP contribution in [-0.2, 0) is 4.79 Å². The highest BCUT2D eigenvalue weighted by molar-refractivity contribution is 5.78. The molecule has 1 amide bonds. The molecule has 1 aliphatic heterocycles. The van der Waals surface area contributed by atoms with E-state index in [1.165, 1.54) is 51.0 Å². The summed E-state index contributed by atoms with van der Waals surface area (Å²) >= 11 is 0. The van der Waals surface area contributed by atoms with Gasteiger partial charge in [0.25, 0.3) is 11.6 Å². The molecule has 0 spiro atoms. The van der Waals surface area contributed by atoms with Gasteiger partial charge in [-0.2, -0.15) is 0 Å². The zero-order valence-electron chi connectivity index (χ0n) is 14.5. The van der Waals surface area contributed by atoms with Gasteiger partial charge in [-0.15, -0.1) is 0 Å². The van der Waals surface area contributed by atoms with Gasteiger partial charge in [-0.1, -0.05) is 12.8 Å². The maximum absolute atomic E-state index is 12.7. The lowest BCUT2D eigenvalue weighted by atomic mass is 9.78. The number of amides is 1. The first-order valence-corrected chi connectivity index (χ1v) is 8.85. The van der Waals surface area contributed by atoms with Gasteiger partial charge in [0.2, 0.25) is 0 Å². The highest BCUT2D eigenvalue weighted by Gasteiger charge is 2.35. The maximum Gasteiger partial charge on any atom is 0.273 e. The number of nitro groups is 1. The van der Waals surface area contributed by atoms with E-state index in [1.807, 2.05) is 4.90 Å². The Bertz CT molecular complexity index is 646. The van der Waals surface area contributed by atoms with Crippen LogP contribution in [0.4, 0.5) is 5.69 Å². The minimum Gasteiger partial charge on any atom is -0.493 e. The Morgan fingerprint density at radius 3 is 2.76 bits per heavy atom. The summed E-state index contributed by atoms with van der Waals surface area (Å²) in [6.45, 7) is 0.649. The summed E-state index contributed by atoms with van der Waals surface area (Å²) in [5.74, 6) is 1.17. The largest absolute Gasteiger partial charge is 0.493 e. The third-order valence-electron chi connectivity index (χ3n) is 5.27. The predicted octanol–water partition coefficient (Wildman–Crippen LogP) is 3.16. The minimum atomic E-state index is -0.495. The van der Waals surface area contributed by atoms with E-state index < -0.39 is 4.92 Å². The molecule has 0 radical (unpaired) electrons. The fourth-order valence-electron chi connectivity index (χ4n) is 4.05. The Kier molecular flexibility index (Phi) is 5.40. The van der Waals surface area contributed by atoms with Crippen LogP contribution in [0.2, 0.25) is 0 Å². The summed E-state index contributed by atoms with van der Waals surface area (Å²) in [6.07, 6.45) is 6.93. The van der Waals surface area contributed by atoms with Crippen LogP contribution in [0.15, 0.2) is 18.2 Å². The first-order valence-electron chi connectivity index (χ1n) is 8.85. The van der Waals surface area contributed by atoms with Crippen LogP contribution < -0.4 is 9.47 Å².